The van der Waals surface area contributed by atoms with Gasteiger partial charge in [-0.25, -0.2) is 0 Å². The first-order chi connectivity index (χ1) is 10.9. The van der Waals surface area contributed by atoms with E-state index in [-0.39, 0.29) is 23.1 Å². The molecule has 1 atom stereocenters. The topological polar surface area (TPSA) is 49.4 Å². The van der Waals surface area contributed by atoms with Crippen LogP contribution in [0.1, 0.15) is 50.3 Å². The number of hydrogen-bond donors (Lipinski definition) is 1. The van der Waals surface area contributed by atoms with Crippen molar-refractivity contribution in [2.45, 2.75) is 45.6 Å². The van der Waals surface area contributed by atoms with E-state index >= 15 is 0 Å². The fourth-order valence-corrected chi connectivity index (χ4v) is 4.24. The number of fused-ring (bicyclic) bond motifs is 4. The van der Waals surface area contributed by atoms with Gasteiger partial charge in [0.05, 0.1) is 12.5 Å². The number of amides is 1. The third kappa shape index (κ3) is 2.37. The minimum atomic E-state index is -0.0491. The van der Waals surface area contributed by atoms with Gasteiger partial charge in [-0.15, -0.1) is 0 Å². The third-order valence-electron chi connectivity index (χ3n) is 5.25. The van der Waals surface area contributed by atoms with Crippen molar-refractivity contribution in [3.05, 3.63) is 46.8 Å². The van der Waals surface area contributed by atoms with Gasteiger partial charge in [-0.05, 0) is 29.4 Å². The second-order valence-corrected chi connectivity index (χ2v) is 7.67. The summed E-state index contributed by atoms with van der Waals surface area (Å²) in [6.07, 6.45) is 2.72. The molecule has 4 heteroatoms. The monoisotopic (exact) mass is 310 g/mol. The van der Waals surface area contributed by atoms with Crippen LogP contribution in [0.4, 0.5) is 0 Å². The Morgan fingerprint density at radius 3 is 2.78 bits per heavy atom. The van der Waals surface area contributed by atoms with Crippen LogP contribution in [-0.2, 0) is 16.0 Å². The van der Waals surface area contributed by atoms with Crippen LogP contribution in [0.25, 0.3) is 0 Å². The Kier molecular flexibility index (Phi) is 3.12. The Balaban J connectivity index is 1.84. The molecule has 23 heavy (non-hydrogen) atoms. The predicted molar refractivity (Wildman–Crippen MR) is 87.4 cm³/mol. The van der Waals surface area contributed by atoms with E-state index in [9.17, 15) is 9.59 Å². The fourth-order valence-electron chi connectivity index (χ4n) is 4.24. The molecule has 1 aromatic rings. The molecule has 3 aliphatic rings. The lowest BCUT2D eigenvalue weighted by Gasteiger charge is -2.43. The maximum absolute atomic E-state index is 12.6. The summed E-state index contributed by atoms with van der Waals surface area (Å²) in [5.41, 5.74) is 4.10. The van der Waals surface area contributed by atoms with Crippen molar-refractivity contribution in [1.82, 2.24) is 10.2 Å². The molecule has 2 aliphatic heterocycles. The van der Waals surface area contributed by atoms with Crippen LogP contribution in [0, 0.1) is 5.41 Å². The van der Waals surface area contributed by atoms with Crippen molar-refractivity contribution in [3.8, 4) is 0 Å². The lowest BCUT2D eigenvalue weighted by Crippen LogP contribution is -2.40. The van der Waals surface area contributed by atoms with Crippen LogP contribution in [0.15, 0.2) is 35.7 Å². The molecular formula is C19H22N2O2. The number of ketones is 1. The van der Waals surface area contributed by atoms with Crippen LogP contribution < -0.4 is 5.32 Å². The van der Waals surface area contributed by atoms with Gasteiger partial charge in [-0.2, -0.15) is 0 Å². The highest BCUT2D eigenvalue weighted by Gasteiger charge is 2.41. The van der Waals surface area contributed by atoms with Gasteiger partial charge in [-0.3, -0.25) is 9.59 Å². The molecule has 4 rings (SSSR count). The second-order valence-electron chi connectivity index (χ2n) is 7.67. The number of nitrogens with zero attached hydrogens (tertiary/aromatic N) is 1. The number of carbonyl (C=O) groups is 2. The maximum Gasteiger partial charge on any atom is 0.226 e. The molecule has 0 radical (unpaired) electrons. The summed E-state index contributed by atoms with van der Waals surface area (Å²) in [5.74, 6) is 0.0267. The van der Waals surface area contributed by atoms with Gasteiger partial charge < -0.3 is 10.2 Å². The molecule has 0 spiro atoms. The van der Waals surface area contributed by atoms with E-state index in [1.165, 1.54) is 11.1 Å². The highest BCUT2D eigenvalue weighted by atomic mass is 16.2. The normalized spacial score (nSPS) is 26.0. The Hall–Kier alpha value is -2.10. The highest BCUT2D eigenvalue weighted by molar-refractivity contribution is 6.01. The summed E-state index contributed by atoms with van der Waals surface area (Å²) in [4.78, 5) is 27.3. The van der Waals surface area contributed by atoms with E-state index in [1.54, 1.807) is 0 Å². The molecule has 0 aromatic heterocycles. The summed E-state index contributed by atoms with van der Waals surface area (Å²) < 4.78 is 0. The van der Waals surface area contributed by atoms with Crippen LogP contribution in [0.2, 0.25) is 0 Å². The average Bonchev–Trinajstić information content (AvgIpc) is 2.63. The minimum Gasteiger partial charge on any atom is -0.365 e. The fraction of sp³-hybridized carbons (Fsp3) is 0.474. The van der Waals surface area contributed by atoms with Crippen molar-refractivity contribution < 1.29 is 9.59 Å². The zero-order valence-corrected chi connectivity index (χ0v) is 13.7. The van der Waals surface area contributed by atoms with Crippen molar-refractivity contribution in [2.75, 3.05) is 6.54 Å². The van der Waals surface area contributed by atoms with E-state index in [0.29, 0.717) is 18.5 Å². The molecule has 4 nitrogen and oxygen atoms in total. The van der Waals surface area contributed by atoms with Gasteiger partial charge in [0.25, 0.3) is 0 Å². The lowest BCUT2D eigenvalue weighted by molar-refractivity contribution is -0.124. The average molecular weight is 310 g/mol. The first-order valence-electron chi connectivity index (χ1n) is 8.35. The maximum atomic E-state index is 12.6. The molecule has 1 aromatic carbocycles. The zero-order valence-electron chi connectivity index (χ0n) is 13.7. The van der Waals surface area contributed by atoms with E-state index in [4.69, 9.17) is 0 Å². The molecule has 0 bridgehead atoms. The van der Waals surface area contributed by atoms with Crippen LogP contribution >= 0.6 is 0 Å². The SMILES string of the molecule is CC1(C)CC(=O)C2=C(C1)N1CCc3ccccc3[C@H]1CC(=O)N2. The minimum absolute atomic E-state index is 0.0465. The summed E-state index contributed by atoms with van der Waals surface area (Å²) in [6.45, 7) is 5.14. The van der Waals surface area contributed by atoms with E-state index < -0.39 is 0 Å². The number of allylic oxidation sites excluding steroid dienone is 2. The summed E-state index contributed by atoms with van der Waals surface area (Å²) in [5, 5.41) is 2.91. The van der Waals surface area contributed by atoms with E-state index in [1.807, 2.05) is 6.07 Å². The Morgan fingerprint density at radius 1 is 1.17 bits per heavy atom. The van der Waals surface area contributed by atoms with Gasteiger partial charge >= 0.3 is 0 Å². The summed E-state index contributed by atoms with van der Waals surface area (Å²) in [7, 11) is 0. The third-order valence-corrected chi connectivity index (χ3v) is 5.25. The van der Waals surface area contributed by atoms with Gasteiger partial charge in [-0.1, -0.05) is 38.1 Å². The molecule has 120 valence electrons. The summed E-state index contributed by atoms with van der Waals surface area (Å²) in [6, 6.07) is 8.43. The standard InChI is InChI=1S/C19H22N2O2/c1-19(2)10-15-18(16(22)11-19)20-17(23)9-14-13-6-4-3-5-12(13)7-8-21(14)15/h3-6,14H,7-11H2,1-2H3,(H,20,23)/t14-/m1/s1. The van der Waals surface area contributed by atoms with Crippen LogP contribution in [-0.4, -0.2) is 23.1 Å². The van der Waals surface area contributed by atoms with Gasteiger partial charge in [0.2, 0.25) is 5.91 Å². The van der Waals surface area contributed by atoms with Crippen molar-refractivity contribution >= 4 is 11.7 Å². The first kappa shape index (κ1) is 14.5. The largest absolute Gasteiger partial charge is 0.365 e. The molecule has 1 N–H and O–H groups in total. The number of nitrogens with one attached hydrogen (secondary N) is 1. The Bertz CT molecular complexity index is 733. The molecule has 0 saturated heterocycles. The number of Topliss-reactive ketones (excluding diaryl/α,β-unsaturated/α-hetero) is 1. The zero-order chi connectivity index (χ0) is 16.2. The number of rotatable bonds is 0. The molecule has 0 saturated carbocycles. The van der Waals surface area contributed by atoms with Gasteiger partial charge in [0.1, 0.15) is 5.70 Å². The molecule has 2 heterocycles. The molecular weight excluding hydrogens is 288 g/mol. The van der Waals surface area contributed by atoms with E-state index in [2.05, 4.69) is 42.3 Å². The molecule has 1 amide bonds. The molecule has 0 fully saturated rings. The number of carbonyl (C=O) groups excluding carboxylic acids is 2. The van der Waals surface area contributed by atoms with E-state index in [0.717, 1.165) is 25.1 Å². The molecule has 0 unspecified atom stereocenters. The quantitative estimate of drug-likeness (QED) is 0.801. The lowest BCUT2D eigenvalue weighted by atomic mass is 9.76. The van der Waals surface area contributed by atoms with Crippen molar-refractivity contribution in [2.24, 2.45) is 5.41 Å². The highest BCUT2D eigenvalue weighted by Crippen LogP contribution is 2.44. The van der Waals surface area contributed by atoms with Crippen LogP contribution in [0.5, 0.6) is 0 Å². The van der Waals surface area contributed by atoms with Gasteiger partial charge in [0.15, 0.2) is 5.78 Å². The molecule has 1 aliphatic carbocycles. The van der Waals surface area contributed by atoms with Gasteiger partial charge in [0, 0.05) is 18.7 Å². The second kappa shape index (κ2) is 4.95. The smallest absolute Gasteiger partial charge is 0.226 e. The van der Waals surface area contributed by atoms with Crippen molar-refractivity contribution in [3.63, 3.8) is 0 Å². The summed E-state index contributed by atoms with van der Waals surface area (Å²) >= 11 is 0. The predicted octanol–water partition coefficient (Wildman–Crippen LogP) is 2.71. The number of hydrogen-bond acceptors (Lipinski definition) is 3. The van der Waals surface area contributed by atoms with Crippen LogP contribution in [0.3, 0.4) is 0 Å². The Labute approximate surface area is 136 Å². The number of benzene rings is 1. The Morgan fingerprint density at radius 2 is 1.96 bits per heavy atom. The first-order valence-corrected chi connectivity index (χ1v) is 8.35. The van der Waals surface area contributed by atoms with Crippen molar-refractivity contribution in [1.29, 1.82) is 0 Å².